The fourth-order valence-corrected chi connectivity index (χ4v) is 4.50. The second kappa shape index (κ2) is 11.0. The number of amides is 1. The van der Waals surface area contributed by atoms with Gasteiger partial charge in [-0.05, 0) is 62.8 Å². The third-order valence-corrected chi connectivity index (χ3v) is 6.61. The van der Waals surface area contributed by atoms with Gasteiger partial charge < -0.3 is 19.0 Å². The minimum absolute atomic E-state index is 0.160. The summed E-state index contributed by atoms with van der Waals surface area (Å²) in [7, 11) is 3.16. The summed E-state index contributed by atoms with van der Waals surface area (Å²) in [5.41, 5.74) is 2.13. The first-order chi connectivity index (χ1) is 16.2. The number of hydrogen-bond donors (Lipinski definition) is 0. The smallest absolute Gasteiger partial charge is 0.415 e. The van der Waals surface area contributed by atoms with E-state index in [2.05, 4.69) is 0 Å². The van der Waals surface area contributed by atoms with Crippen LogP contribution in [0.5, 0.6) is 0 Å². The first kappa shape index (κ1) is 26.4. The fourth-order valence-electron chi connectivity index (χ4n) is 4.43. The lowest BCUT2D eigenvalue weighted by atomic mass is 9.85. The summed E-state index contributed by atoms with van der Waals surface area (Å²) >= 11 is 5.85. The predicted molar refractivity (Wildman–Crippen MR) is 126 cm³/mol. The van der Waals surface area contributed by atoms with Crippen molar-refractivity contribution < 1.29 is 33.5 Å². The molecule has 9 nitrogen and oxygen atoms in total. The summed E-state index contributed by atoms with van der Waals surface area (Å²) in [6.07, 6.45) is -0.130. The highest BCUT2D eigenvalue weighted by atomic mass is 35.5. The minimum Gasteiger partial charge on any atom is -0.415 e. The number of aryl methyl sites for hydroxylation is 1. The molecular weight excluding hydrogens is 464 g/mol. The van der Waals surface area contributed by atoms with E-state index in [9.17, 15) is 9.59 Å². The summed E-state index contributed by atoms with van der Waals surface area (Å²) in [4.78, 5) is 37.9. The van der Waals surface area contributed by atoms with Gasteiger partial charge in [0.05, 0.1) is 25.9 Å². The number of benzene rings is 1. The molecule has 1 amide bonds. The molecule has 0 aliphatic carbocycles. The monoisotopic (exact) mass is 496 g/mol. The number of hydrogen-bond acceptors (Lipinski definition) is 8. The second-order valence-corrected chi connectivity index (χ2v) is 9.08. The summed E-state index contributed by atoms with van der Waals surface area (Å²) in [5, 5.41) is 3.13. The molecule has 2 heterocycles. The van der Waals surface area contributed by atoms with Crippen molar-refractivity contribution in [2.75, 3.05) is 40.5 Å². The maximum Gasteiger partial charge on any atom is 0.515 e. The van der Waals surface area contributed by atoms with Crippen molar-refractivity contribution in [3.63, 3.8) is 0 Å². The zero-order chi connectivity index (χ0) is 25.0. The van der Waals surface area contributed by atoms with Crippen molar-refractivity contribution in [3.8, 4) is 0 Å². The molecule has 10 heteroatoms. The van der Waals surface area contributed by atoms with Gasteiger partial charge in [0.2, 0.25) is 0 Å². The Hall–Kier alpha value is -2.17. The quantitative estimate of drug-likeness (QED) is 0.304. The lowest BCUT2D eigenvalue weighted by molar-refractivity contribution is -0.235. The Morgan fingerprint density at radius 3 is 2.38 bits per heavy atom. The highest BCUT2D eigenvalue weighted by Crippen LogP contribution is 2.48. The van der Waals surface area contributed by atoms with Gasteiger partial charge in [0.1, 0.15) is 5.54 Å². The normalized spacial score (nSPS) is 19.1. The predicted octanol–water partition coefficient (Wildman–Crippen LogP) is 3.88. The van der Waals surface area contributed by atoms with Crippen LogP contribution in [0.1, 0.15) is 42.0 Å². The van der Waals surface area contributed by atoms with Gasteiger partial charge in [-0.25, -0.2) is 9.86 Å². The van der Waals surface area contributed by atoms with Crippen LogP contribution in [0.15, 0.2) is 17.9 Å². The number of rotatable bonds is 8. The Labute approximate surface area is 205 Å². The number of carbonyl (C=O) groups is 2. The zero-order valence-corrected chi connectivity index (χ0v) is 21.4. The van der Waals surface area contributed by atoms with E-state index in [1.165, 1.54) is 12.0 Å². The molecule has 1 spiro atoms. The van der Waals surface area contributed by atoms with E-state index < -0.39 is 17.3 Å². The molecule has 0 radical (unpaired) electrons. The van der Waals surface area contributed by atoms with E-state index in [0.717, 1.165) is 16.7 Å². The molecule has 1 fully saturated rings. The molecule has 1 unspecified atom stereocenters. The largest absolute Gasteiger partial charge is 0.515 e. The molecule has 188 valence electrons. The molecule has 2 aliphatic rings. The van der Waals surface area contributed by atoms with Crippen LogP contribution in [0.2, 0.25) is 0 Å². The van der Waals surface area contributed by atoms with Gasteiger partial charge in [-0.2, -0.15) is 5.06 Å². The van der Waals surface area contributed by atoms with E-state index >= 15 is 0 Å². The molecule has 0 bridgehead atoms. The molecule has 3 rings (SSSR count). The Kier molecular flexibility index (Phi) is 8.59. The fraction of sp³-hybridized carbons (Fsp3) is 0.583. The summed E-state index contributed by atoms with van der Waals surface area (Å²) < 4.78 is 16.0. The number of hydroxylamine groups is 4. The number of ether oxygens (including phenoxy) is 3. The van der Waals surface area contributed by atoms with Gasteiger partial charge in [0, 0.05) is 20.2 Å². The maximum atomic E-state index is 13.9. The molecule has 0 N–H and O–H groups in total. The number of methoxy groups -OCH3 is 1. The molecule has 1 saturated heterocycles. The van der Waals surface area contributed by atoms with E-state index in [-0.39, 0.29) is 23.8 Å². The average Bonchev–Trinajstić information content (AvgIpc) is 3.00. The van der Waals surface area contributed by atoms with Crippen molar-refractivity contribution in [1.29, 1.82) is 0 Å². The van der Waals surface area contributed by atoms with E-state index in [4.69, 9.17) is 35.5 Å². The van der Waals surface area contributed by atoms with Crippen molar-refractivity contribution in [2.45, 2.75) is 51.6 Å². The highest BCUT2D eigenvalue weighted by Gasteiger charge is 2.57. The Morgan fingerprint density at radius 1 is 1.12 bits per heavy atom. The lowest BCUT2D eigenvalue weighted by Gasteiger charge is -2.43. The molecule has 2 aliphatic heterocycles. The molecule has 0 saturated carbocycles. The van der Waals surface area contributed by atoms with Crippen molar-refractivity contribution >= 4 is 29.2 Å². The van der Waals surface area contributed by atoms with Gasteiger partial charge in [-0.3, -0.25) is 9.63 Å². The van der Waals surface area contributed by atoms with E-state index in [0.29, 0.717) is 38.1 Å². The summed E-state index contributed by atoms with van der Waals surface area (Å²) in [6.45, 7) is 8.93. The van der Waals surface area contributed by atoms with Gasteiger partial charge in [-0.1, -0.05) is 23.7 Å². The van der Waals surface area contributed by atoms with Crippen LogP contribution in [0.25, 0.3) is 5.57 Å². The van der Waals surface area contributed by atoms with Crippen LogP contribution < -0.4 is 0 Å². The van der Waals surface area contributed by atoms with Crippen LogP contribution in [-0.4, -0.2) is 73.8 Å². The van der Waals surface area contributed by atoms with Gasteiger partial charge in [0.25, 0.3) is 5.91 Å². The highest BCUT2D eigenvalue weighted by molar-refractivity contribution is 6.23. The molecule has 1 aromatic rings. The number of carbonyl (C=O) groups excluding carboxylic acids is 2. The number of piperidine rings is 1. The standard InChI is InChI=1S/C24H33ClN2O7/c1-15-7-8-19(17(3)16(15)2)20-21(34-23(29)33-18(4)25)24(9-11-26(31-6)12-10-24)27(22(20)28)32-14-13-30-5/h7-8,18H,9-14H2,1-6H3. The van der Waals surface area contributed by atoms with Crippen LogP contribution in [0, 0.1) is 20.8 Å². The molecule has 1 atom stereocenters. The van der Waals surface area contributed by atoms with E-state index in [1.54, 1.807) is 19.3 Å². The Bertz CT molecular complexity index is 955. The maximum absolute atomic E-state index is 13.9. The van der Waals surface area contributed by atoms with Gasteiger partial charge in [-0.15, -0.1) is 0 Å². The van der Waals surface area contributed by atoms with Crippen LogP contribution in [0.4, 0.5) is 4.79 Å². The first-order valence-corrected chi connectivity index (χ1v) is 11.7. The zero-order valence-electron chi connectivity index (χ0n) is 20.6. The Morgan fingerprint density at radius 2 is 1.79 bits per heavy atom. The number of halogens is 1. The first-order valence-electron chi connectivity index (χ1n) is 11.3. The third-order valence-electron chi connectivity index (χ3n) is 6.52. The molecular formula is C24H33ClN2O7. The van der Waals surface area contributed by atoms with Crippen molar-refractivity contribution in [2.24, 2.45) is 0 Å². The number of alkyl halides is 1. The molecule has 34 heavy (non-hydrogen) atoms. The molecule has 0 aromatic heterocycles. The summed E-state index contributed by atoms with van der Waals surface area (Å²) in [5.74, 6) is -0.172. The number of nitrogens with zero attached hydrogens (tertiary/aromatic N) is 2. The topological polar surface area (TPSA) is 86.8 Å². The summed E-state index contributed by atoms with van der Waals surface area (Å²) in [6, 6.07) is 3.82. The van der Waals surface area contributed by atoms with E-state index in [1.807, 2.05) is 32.9 Å². The van der Waals surface area contributed by atoms with Crippen LogP contribution >= 0.6 is 11.6 Å². The second-order valence-electron chi connectivity index (χ2n) is 8.47. The lowest BCUT2D eigenvalue weighted by Crippen LogP contribution is -2.55. The van der Waals surface area contributed by atoms with Crippen molar-refractivity contribution in [3.05, 3.63) is 40.1 Å². The van der Waals surface area contributed by atoms with Crippen LogP contribution in [-0.2, 0) is 28.7 Å². The van der Waals surface area contributed by atoms with Crippen molar-refractivity contribution in [1.82, 2.24) is 10.1 Å². The minimum atomic E-state index is -1.02. The average molecular weight is 497 g/mol. The third kappa shape index (κ3) is 5.08. The SMILES string of the molecule is COCCON1C(=O)C(c2ccc(C)c(C)c2C)=C(OC(=O)OC(C)Cl)C12CCN(OC)CC2. The van der Waals surface area contributed by atoms with Crippen LogP contribution in [0.3, 0.4) is 0 Å². The van der Waals surface area contributed by atoms with Gasteiger partial charge >= 0.3 is 6.16 Å². The molecule has 1 aromatic carbocycles. The Balaban J connectivity index is 2.17. The van der Waals surface area contributed by atoms with Gasteiger partial charge in [0.15, 0.2) is 11.3 Å².